The first-order chi connectivity index (χ1) is 2.00. The summed E-state index contributed by atoms with van der Waals surface area (Å²) in [4.78, 5) is 0. The normalized spacial score (nSPS) is 19.2. The predicted molar refractivity (Wildman–Crippen MR) is 17.5 cm³/mol. The zero-order valence-electron chi connectivity index (χ0n) is 3.33. The van der Waals surface area contributed by atoms with Crippen molar-refractivity contribution in [2.75, 3.05) is 13.1 Å². The van der Waals surface area contributed by atoms with E-state index in [-0.39, 0.29) is 19.5 Å². The second-order valence-electron chi connectivity index (χ2n) is 1.10. The van der Waals surface area contributed by atoms with Gasteiger partial charge in [0.1, 0.15) is 0 Å². The van der Waals surface area contributed by atoms with Crippen LogP contribution in [0.3, 0.4) is 0 Å². The van der Waals surface area contributed by atoms with Gasteiger partial charge in [-0.05, 0) is 19.5 Å². The van der Waals surface area contributed by atoms with Crippen molar-refractivity contribution in [3.8, 4) is 0 Å². The summed E-state index contributed by atoms with van der Waals surface area (Å²) < 4.78 is 0. The monoisotopic (exact) mass is 121 g/mol. The Morgan fingerprint density at radius 3 is 1.40 bits per heavy atom. The molecule has 0 atom stereocenters. The molecule has 0 amide bonds. The molecular weight excluding hydrogens is 115 g/mol. The molecule has 0 unspecified atom stereocenters. The van der Waals surface area contributed by atoms with Crippen LogP contribution in [0.4, 0.5) is 0 Å². The molecule has 1 heterocycles. The quantitative estimate of drug-likeness (QED) is 0.445. The smallest absolute Gasteiger partial charge is 0 e. The molecule has 1 fully saturated rings. The average Bonchev–Trinajstić information content (AvgIpc) is 0.722. The maximum Gasteiger partial charge on any atom is 0 e. The minimum atomic E-state index is 0. The fourth-order valence-electron chi connectivity index (χ4n) is 0.177. The molecule has 1 nitrogen and oxygen atoms in total. The third kappa shape index (κ3) is 1.46. The Labute approximate surface area is 44.9 Å². The second kappa shape index (κ2) is 2.80. The summed E-state index contributed by atoms with van der Waals surface area (Å²) in [5.41, 5.74) is 0. The van der Waals surface area contributed by atoms with E-state index in [1.807, 2.05) is 0 Å². The molecule has 0 saturated carbocycles. The van der Waals surface area contributed by atoms with Gasteiger partial charge >= 0.3 is 0 Å². The molecule has 2 heteroatoms. The van der Waals surface area contributed by atoms with Crippen LogP contribution >= 0.6 is 0 Å². The van der Waals surface area contributed by atoms with Crippen LogP contribution in [-0.4, -0.2) is 13.1 Å². The van der Waals surface area contributed by atoms with Crippen molar-refractivity contribution in [2.24, 2.45) is 0 Å². The molecule has 1 saturated heterocycles. The van der Waals surface area contributed by atoms with E-state index in [2.05, 4.69) is 5.32 Å². The van der Waals surface area contributed by atoms with Gasteiger partial charge in [-0.3, -0.25) is 0 Å². The van der Waals surface area contributed by atoms with E-state index in [1.54, 1.807) is 0 Å². The Morgan fingerprint density at radius 1 is 1.20 bits per heavy atom. The summed E-state index contributed by atoms with van der Waals surface area (Å²) in [5.74, 6) is 0. The molecule has 1 N–H and O–H groups in total. The van der Waals surface area contributed by atoms with Crippen LogP contribution in [0.1, 0.15) is 6.42 Å². The van der Waals surface area contributed by atoms with Gasteiger partial charge in [-0.25, -0.2) is 0 Å². The van der Waals surface area contributed by atoms with E-state index in [9.17, 15) is 0 Å². The van der Waals surface area contributed by atoms with Gasteiger partial charge in [0.25, 0.3) is 0 Å². The van der Waals surface area contributed by atoms with Gasteiger partial charge in [0, 0.05) is 19.5 Å². The van der Waals surface area contributed by atoms with Gasteiger partial charge in [-0.15, -0.1) is 0 Å². The largest absolute Gasteiger partial charge is 0.317 e. The number of rotatable bonds is 0. The fourth-order valence-corrected chi connectivity index (χ4v) is 0.177. The fraction of sp³-hybridized carbons (Fsp3) is 1.00. The molecule has 5 heavy (non-hydrogen) atoms. The molecule has 0 radical (unpaired) electrons. The molecule has 1 aliphatic heterocycles. The predicted octanol–water partition coefficient (Wildman–Crippen LogP) is -0.0228. The molecule has 0 bridgehead atoms. The van der Waals surface area contributed by atoms with Crippen LogP contribution in [-0.2, 0) is 19.5 Å². The van der Waals surface area contributed by atoms with Crippen molar-refractivity contribution < 1.29 is 19.5 Å². The van der Waals surface area contributed by atoms with Crippen LogP contribution in [0, 0.1) is 0 Å². The maximum absolute atomic E-state index is 3.11. The van der Waals surface area contributed by atoms with E-state index in [0.29, 0.717) is 0 Å². The molecule has 0 aromatic carbocycles. The van der Waals surface area contributed by atoms with Gasteiger partial charge in [0.15, 0.2) is 0 Å². The van der Waals surface area contributed by atoms with Crippen molar-refractivity contribution >= 4 is 0 Å². The van der Waals surface area contributed by atoms with E-state index in [4.69, 9.17) is 0 Å². The number of nitrogens with one attached hydrogen (secondary N) is 1. The molecular formula is C3H7NZn. The summed E-state index contributed by atoms with van der Waals surface area (Å²) in [6, 6.07) is 0. The zero-order valence-corrected chi connectivity index (χ0v) is 6.30. The molecule has 0 aromatic rings. The van der Waals surface area contributed by atoms with Crippen molar-refractivity contribution in [3.63, 3.8) is 0 Å². The molecule has 26 valence electrons. The van der Waals surface area contributed by atoms with Crippen molar-refractivity contribution in [3.05, 3.63) is 0 Å². The maximum atomic E-state index is 3.11. The van der Waals surface area contributed by atoms with Gasteiger partial charge in [-0.1, -0.05) is 0 Å². The molecule has 1 rings (SSSR count). The Balaban J connectivity index is 0.000000160. The van der Waals surface area contributed by atoms with Crippen LogP contribution < -0.4 is 5.32 Å². The van der Waals surface area contributed by atoms with Gasteiger partial charge < -0.3 is 5.32 Å². The first kappa shape index (κ1) is 5.58. The van der Waals surface area contributed by atoms with Crippen molar-refractivity contribution in [2.45, 2.75) is 6.42 Å². The Hall–Kier alpha value is 0.583. The third-order valence-corrected chi connectivity index (χ3v) is 0.707. The Morgan fingerprint density at radius 2 is 1.40 bits per heavy atom. The second-order valence-corrected chi connectivity index (χ2v) is 1.10. The zero-order chi connectivity index (χ0) is 2.83. The van der Waals surface area contributed by atoms with E-state index in [1.165, 1.54) is 19.5 Å². The van der Waals surface area contributed by atoms with Crippen LogP contribution in [0.25, 0.3) is 0 Å². The van der Waals surface area contributed by atoms with Gasteiger partial charge in [0.05, 0.1) is 0 Å². The molecule has 0 spiro atoms. The Bertz CT molecular complexity index is 14.9. The SMILES string of the molecule is C1CNC1.[Zn]. The van der Waals surface area contributed by atoms with Crippen LogP contribution in [0.2, 0.25) is 0 Å². The summed E-state index contributed by atoms with van der Waals surface area (Å²) in [7, 11) is 0. The topological polar surface area (TPSA) is 12.0 Å². The third-order valence-electron chi connectivity index (χ3n) is 0.707. The molecule has 0 aromatic heterocycles. The first-order valence-corrected chi connectivity index (χ1v) is 1.71. The Kier molecular flexibility index (Phi) is 3.13. The van der Waals surface area contributed by atoms with Crippen LogP contribution in [0.15, 0.2) is 0 Å². The molecule has 0 aliphatic carbocycles. The van der Waals surface area contributed by atoms with E-state index in [0.717, 1.165) is 0 Å². The van der Waals surface area contributed by atoms with Crippen LogP contribution in [0.5, 0.6) is 0 Å². The summed E-state index contributed by atoms with van der Waals surface area (Å²) in [5, 5.41) is 3.11. The first-order valence-electron chi connectivity index (χ1n) is 1.71. The summed E-state index contributed by atoms with van der Waals surface area (Å²) >= 11 is 0. The van der Waals surface area contributed by atoms with Gasteiger partial charge in [-0.2, -0.15) is 0 Å². The minimum Gasteiger partial charge on any atom is -0.317 e. The summed E-state index contributed by atoms with van der Waals surface area (Å²) in [6.07, 6.45) is 1.39. The van der Waals surface area contributed by atoms with Gasteiger partial charge in [0.2, 0.25) is 0 Å². The number of hydrogen-bond donors (Lipinski definition) is 1. The summed E-state index contributed by atoms with van der Waals surface area (Å²) in [6.45, 7) is 2.50. The van der Waals surface area contributed by atoms with Crippen molar-refractivity contribution in [1.82, 2.24) is 5.32 Å². The molecule has 1 aliphatic rings. The van der Waals surface area contributed by atoms with E-state index >= 15 is 0 Å². The standard InChI is InChI=1S/C3H7N.Zn/c1-2-4-3-1;/h4H,1-3H2;. The average molecular weight is 122 g/mol. The number of hydrogen-bond acceptors (Lipinski definition) is 1. The van der Waals surface area contributed by atoms with E-state index < -0.39 is 0 Å². The minimum absolute atomic E-state index is 0. The van der Waals surface area contributed by atoms with Crippen molar-refractivity contribution in [1.29, 1.82) is 0 Å².